The van der Waals surface area contributed by atoms with E-state index >= 15 is 0 Å². The van der Waals surface area contributed by atoms with E-state index in [0.29, 0.717) is 40.8 Å². The molecular weight excluding hydrogens is 313 g/mol. The number of halogens is 2. The standard InChI is InChI=1S/C13H15Cl2N5O/c1-3-16-11-18-12(20-13(19-11)21-4-2)17-10-6-8(14)5-9(15)7-10/h5-7H,3-4H2,1-2H3,(H2,16,17,18,19,20). The van der Waals surface area contributed by atoms with E-state index in [4.69, 9.17) is 27.9 Å². The largest absolute Gasteiger partial charge is 0.464 e. The third kappa shape index (κ3) is 4.61. The summed E-state index contributed by atoms with van der Waals surface area (Å²) < 4.78 is 5.32. The lowest BCUT2D eigenvalue weighted by molar-refractivity contribution is 0.312. The monoisotopic (exact) mass is 327 g/mol. The number of benzene rings is 1. The lowest BCUT2D eigenvalue weighted by atomic mass is 10.3. The van der Waals surface area contributed by atoms with Crippen molar-refractivity contribution in [2.75, 3.05) is 23.8 Å². The Bertz CT molecular complexity index is 579. The van der Waals surface area contributed by atoms with Gasteiger partial charge in [0.15, 0.2) is 0 Å². The molecule has 1 aromatic heterocycles. The van der Waals surface area contributed by atoms with Gasteiger partial charge in [0.1, 0.15) is 0 Å². The number of nitrogens with zero attached hydrogens (tertiary/aromatic N) is 3. The quantitative estimate of drug-likeness (QED) is 0.841. The van der Waals surface area contributed by atoms with Crippen LogP contribution >= 0.6 is 23.2 Å². The predicted octanol–water partition coefficient (Wildman–Crippen LogP) is 3.75. The van der Waals surface area contributed by atoms with Crippen LogP contribution in [0.4, 0.5) is 17.6 Å². The molecule has 2 rings (SSSR count). The second kappa shape index (κ2) is 7.28. The maximum Gasteiger partial charge on any atom is 0.323 e. The van der Waals surface area contributed by atoms with Crippen molar-refractivity contribution >= 4 is 40.8 Å². The Kier molecular flexibility index (Phi) is 5.41. The third-order valence-corrected chi connectivity index (χ3v) is 2.78. The summed E-state index contributed by atoms with van der Waals surface area (Å²) in [6.07, 6.45) is 0. The van der Waals surface area contributed by atoms with Crippen molar-refractivity contribution in [3.05, 3.63) is 28.2 Å². The van der Waals surface area contributed by atoms with Crippen LogP contribution in [0.2, 0.25) is 10.0 Å². The highest BCUT2D eigenvalue weighted by Gasteiger charge is 2.08. The Hall–Kier alpha value is -1.79. The number of nitrogens with one attached hydrogen (secondary N) is 2. The highest BCUT2D eigenvalue weighted by molar-refractivity contribution is 6.35. The van der Waals surface area contributed by atoms with E-state index in [0.717, 1.165) is 0 Å². The van der Waals surface area contributed by atoms with Gasteiger partial charge in [-0.15, -0.1) is 0 Å². The van der Waals surface area contributed by atoms with Crippen LogP contribution in [0.5, 0.6) is 6.01 Å². The molecule has 0 fully saturated rings. The maximum atomic E-state index is 5.96. The normalized spacial score (nSPS) is 10.3. The second-order valence-corrected chi connectivity index (χ2v) is 4.88. The summed E-state index contributed by atoms with van der Waals surface area (Å²) in [4.78, 5) is 12.6. The first-order valence-corrected chi connectivity index (χ1v) is 7.22. The minimum Gasteiger partial charge on any atom is -0.464 e. The van der Waals surface area contributed by atoms with Crippen LogP contribution in [0.1, 0.15) is 13.8 Å². The molecule has 0 unspecified atom stereocenters. The Labute approximate surface area is 132 Å². The molecule has 0 aliphatic rings. The van der Waals surface area contributed by atoms with Crippen LogP contribution in [0.25, 0.3) is 0 Å². The average Bonchev–Trinajstić information content (AvgIpc) is 2.37. The Morgan fingerprint density at radius 3 is 2.29 bits per heavy atom. The van der Waals surface area contributed by atoms with Crippen LogP contribution in [0.15, 0.2) is 18.2 Å². The van der Waals surface area contributed by atoms with E-state index in [9.17, 15) is 0 Å². The van der Waals surface area contributed by atoms with Crippen molar-refractivity contribution < 1.29 is 4.74 Å². The zero-order valence-electron chi connectivity index (χ0n) is 11.7. The van der Waals surface area contributed by atoms with E-state index in [1.54, 1.807) is 18.2 Å². The number of hydrogen-bond donors (Lipinski definition) is 2. The van der Waals surface area contributed by atoms with Gasteiger partial charge in [-0.25, -0.2) is 0 Å². The molecule has 8 heteroatoms. The third-order valence-electron chi connectivity index (χ3n) is 2.34. The summed E-state index contributed by atoms with van der Waals surface area (Å²) >= 11 is 11.9. The molecule has 0 aliphatic heterocycles. The fourth-order valence-electron chi connectivity index (χ4n) is 1.60. The van der Waals surface area contributed by atoms with Crippen LogP contribution in [0.3, 0.4) is 0 Å². The lowest BCUT2D eigenvalue weighted by Crippen LogP contribution is -2.09. The van der Waals surface area contributed by atoms with E-state index in [1.165, 1.54) is 0 Å². The smallest absolute Gasteiger partial charge is 0.323 e. The summed E-state index contributed by atoms with van der Waals surface area (Å²) in [5, 5.41) is 7.10. The van der Waals surface area contributed by atoms with Gasteiger partial charge in [-0.05, 0) is 32.0 Å². The van der Waals surface area contributed by atoms with Gasteiger partial charge in [-0.2, -0.15) is 15.0 Å². The van der Waals surface area contributed by atoms with Crippen molar-refractivity contribution in [3.8, 4) is 6.01 Å². The first kappa shape index (κ1) is 15.6. The van der Waals surface area contributed by atoms with Gasteiger partial charge in [0.2, 0.25) is 11.9 Å². The molecule has 0 radical (unpaired) electrons. The van der Waals surface area contributed by atoms with Crippen LogP contribution in [-0.2, 0) is 0 Å². The van der Waals surface area contributed by atoms with Gasteiger partial charge >= 0.3 is 6.01 Å². The molecule has 0 aliphatic carbocycles. The van der Waals surface area contributed by atoms with Crippen molar-refractivity contribution in [2.24, 2.45) is 0 Å². The molecule has 1 heterocycles. The lowest BCUT2D eigenvalue weighted by Gasteiger charge is -2.10. The molecule has 2 N–H and O–H groups in total. The molecule has 6 nitrogen and oxygen atoms in total. The minimum absolute atomic E-state index is 0.249. The van der Waals surface area contributed by atoms with Gasteiger partial charge in [0.25, 0.3) is 0 Å². The van der Waals surface area contributed by atoms with Crippen LogP contribution < -0.4 is 15.4 Å². The van der Waals surface area contributed by atoms with Gasteiger partial charge in [0, 0.05) is 22.3 Å². The molecule has 0 saturated carbocycles. The number of anilines is 3. The van der Waals surface area contributed by atoms with E-state index in [1.807, 2.05) is 13.8 Å². The molecule has 0 atom stereocenters. The number of ether oxygens (including phenoxy) is 1. The van der Waals surface area contributed by atoms with Gasteiger partial charge < -0.3 is 15.4 Å². The number of hydrogen-bond acceptors (Lipinski definition) is 6. The van der Waals surface area contributed by atoms with Gasteiger partial charge in [-0.3, -0.25) is 0 Å². The van der Waals surface area contributed by atoms with Gasteiger partial charge in [0.05, 0.1) is 6.61 Å². The summed E-state index contributed by atoms with van der Waals surface area (Å²) in [5.41, 5.74) is 0.684. The van der Waals surface area contributed by atoms with Crippen molar-refractivity contribution in [1.29, 1.82) is 0 Å². The van der Waals surface area contributed by atoms with Gasteiger partial charge in [-0.1, -0.05) is 23.2 Å². The number of rotatable bonds is 6. The average molecular weight is 328 g/mol. The van der Waals surface area contributed by atoms with Crippen LogP contribution in [0, 0.1) is 0 Å². The predicted molar refractivity (Wildman–Crippen MR) is 84.9 cm³/mol. The van der Waals surface area contributed by atoms with E-state index < -0.39 is 0 Å². The molecule has 0 bridgehead atoms. The zero-order chi connectivity index (χ0) is 15.2. The van der Waals surface area contributed by atoms with Crippen molar-refractivity contribution in [1.82, 2.24) is 15.0 Å². The molecule has 112 valence electrons. The molecule has 2 aromatic rings. The summed E-state index contributed by atoms with van der Waals surface area (Å²) in [5.74, 6) is 0.786. The Morgan fingerprint density at radius 1 is 1.00 bits per heavy atom. The van der Waals surface area contributed by atoms with Crippen molar-refractivity contribution in [2.45, 2.75) is 13.8 Å². The maximum absolute atomic E-state index is 5.96. The highest BCUT2D eigenvalue weighted by Crippen LogP contribution is 2.24. The SMILES string of the molecule is CCNc1nc(Nc2cc(Cl)cc(Cl)c2)nc(OCC)n1. The molecule has 1 aromatic carbocycles. The second-order valence-electron chi connectivity index (χ2n) is 4.01. The molecule has 0 saturated heterocycles. The highest BCUT2D eigenvalue weighted by atomic mass is 35.5. The molecule has 0 spiro atoms. The zero-order valence-corrected chi connectivity index (χ0v) is 13.2. The summed E-state index contributed by atoms with van der Waals surface area (Å²) in [6.45, 7) is 4.98. The molecule has 21 heavy (non-hydrogen) atoms. The van der Waals surface area contributed by atoms with Crippen molar-refractivity contribution in [3.63, 3.8) is 0 Å². The molecule has 0 amide bonds. The number of aromatic nitrogens is 3. The first-order valence-electron chi connectivity index (χ1n) is 6.46. The Morgan fingerprint density at radius 2 is 1.67 bits per heavy atom. The summed E-state index contributed by atoms with van der Waals surface area (Å²) in [7, 11) is 0. The van der Waals surface area contributed by atoms with E-state index in [2.05, 4.69) is 25.6 Å². The van der Waals surface area contributed by atoms with Crippen LogP contribution in [-0.4, -0.2) is 28.1 Å². The Balaban J connectivity index is 2.28. The minimum atomic E-state index is 0.249. The fourth-order valence-corrected chi connectivity index (χ4v) is 2.12. The molecular formula is C13H15Cl2N5O. The summed E-state index contributed by atoms with van der Waals surface area (Å²) in [6, 6.07) is 5.35. The fraction of sp³-hybridized carbons (Fsp3) is 0.308. The first-order chi connectivity index (χ1) is 10.1. The van der Waals surface area contributed by atoms with E-state index in [-0.39, 0.29) is 6.01 Å². The topological polar surface area (TPSA) is 72.0 Å².